The van der Waals surface area contributed by atoms with Crippen LogP contribution in [0.5, 0.6) is 0 Å². The van der Waals surface area contributed by atoms with E-state index in [1.807, 2.05) is 42.5 Å². The van der Waals surface area contributed by atoms with Crippen LogP contribution in [0, 0.1) is 12.7 Å². The molecule has 0 bridgehead atoms. The van der Waals surface area contributed by atoms with E-state index in [1.165, 1.54) is 12.1 Å². The Hall–Kier alpha value is -3.21. The van der Waals surface area contributed by atoms with Crippen molar-refractivity contribution in [1.29, 1.82) is 0 Å². The van der Waals surface area contributed by atoms with E-state index < -0.39 is 11.7 Å². The molecular weight excluding hydrogens is 331 g/mol. The zero-order valence-corrected chi connectivity index (χ0v) is 14.4. The van der Waals surface area contributed by atoms with Crippen molar-refractivity contribution < 1.29 is 14.0 Å². The van der Waals surface area contributed by atoms with Crippen LogP contribution in [0.4, 0.5) is 10.1 Å². The normalized spacial score (nSPS) is 10.5. The Labute approximate surface area is 151 Å². The average molecular weight is 350 g/mol. The van der Waals surface area contributed by atoms with Crippen LogP contribution in [-0.2, 0) is 16.0 Å². The topological polar surface area (TPSA) is 58.2 Å². The molecule has 0 heterocycles. The summed E-state index contributed by atoms with van der Waals surface area (Å²) in [5.41, 5.74) is 2.06. The van der Waals surface area contributed by atoms with Crippen molar-refractivity contribution in [2.45, 2.75) is 13.3 Å². The van der Waals surface area contributed by atoms with Gasteiger partial charge < -0.3 is 10.6 Å². The van der Waals surface area contributed by atoms with Gasteiger partial charge in [0.2, 0.25) is 11.8 Å². The number of fused-ring (bicyclic) bond motifs is 1. The molecule has 2 amide bonds. The smallest absolute Gasteiger partial charge is 0.243 e. The Morgan fingerprint density at radius 1 is 0.962 bits per heavy atom. The molecule has 5 heteroatoms. The average Bonchev–Trinajstić information content (AvgIpc) is 2.63. The second kappa shape index (κ2) is 7.78. The Kier molecular flexibility index (Phi) is 5.27. The lowest BCUT2D eigenvalue weighted by Crippen LogP contribution is -2.34. The molecule has 132 valence electrons. The van der Waals surface area contributed by atoms with Crippen molar-refractivity contribution in [1.82, 2.24) is 5.32 Å². The first-order valence-corrected chi connectivity index (χ1v) is 8.32. The lowest BCUT2D eigenvalue weighted by Gasteiger charge is -2.10. The minimum absolute atomic E-state index is 0.167. The molecule has 4 nitrogen and oxygen atoms in total. The maximum absolute atomic E-state index is 13.3. The van der Waals surface area contributed by atoms with Gasteiger partial charge in [0.25, 0.3) is 0 Å². The van der Waals surface area contributed by atoms with Gasteiger partial charge in [-0.3, -0.25) is 9.59 Å². The summed E-state index contributed by atoms with van der Waals surface area (Å²) in [5.74, 6) is -1.07. The molecule has 0 unspecified atom stereocenters. The zero-order chi connectivity index (χ0) is 18.5. The Bertz CT molecular complexity index is 964. The minimum atomic E-state index is -0.425. The maximum Gasteiger partial charge on any atom is 0.243 e. The van der Waals surface area contributed by atoms with E-state index in [0.29, 0.717) is 5.69 Å². The van der Waals surface area contributed by atoms with Crippen molar-refractivity contribution >= 4 is 28.3 Å². The van der Waals surface area contributed by atoms with Crippen LogP contribution >= 0.6 is 0 Å². The van der Waals surface area contributed by atoms with E-state index in [9.17, 15) is 14.0 Å². The van der Waals surface area contributed by atoms with Gasteiger partial charge in [0, 0.05) is 5.69 Å². The number of amides is 2. The van der Waals surface area contributed by atoms with E-state index in [0.717, 1.165) is 21.9 Å². The molecule has 0 aliphatic rings. The summed E-state index contributed by atoms with van der Waals surface area (Å²) in [5, 5.41) is 7.30. The summed E-state index contributed by atoms with van der Waals surface area (Å²) in [6.07, 6.45) is 0.188. The van der Waals surface area contributed by atoms with E-state index in [4.69, 9.17) is 0 Å². The number of nitrogens with one attached hydrogen (secondary N) is 2. The second-order valence-electron chi connectivity index (χ2n) is 6.10. The molecule has 0 spiro atoms. The van der Waals surface area contributed by atoms with Gasteiger partial charge in [0.05, 0.1) is 13.0 Å². The van der Waals surface area contributed by atoms with Crippen LogP contribution in [0.2, 0.25) is 0 Å². The first kappa shape index (κ1) is 17.6. The number of anilines is 1. The summed E-state index contributed by atoms with van der Waals surface area (Å²) in [6, 6.07) is 17.8. The number of hydrogen-bond donors (Lipinski definition) is 2. The summed E-state index contributed by atoms with van der Waals surface area (Å²) in [4.78, 5) is 24.2. The van der Waals surface area contributed by atoms with E-state index in [1.54, 1.807) is 13.0 Å². The van der Waals surface area contributed by atoms with Crippen LogP contribution in [0.3, 0.4) is 0 Å². The molecule has 0 radical (unpaired) electrons. The highest BCUT2D eigenvalue weighted by Crippen LogP contribution is 2.19. The quantitative estimate of drug-likeness (QED) is 0.739. The lowest BCUT2D eigenvalue weighted by atomic mass is 10.0. The van der Waals surface area contributed by atoms with Crippen molar-refractivity contribution in [3.8, 4) is 0 Å². The van der Waals surface area contributed by atoms with Crippen molar-refractivity contribution in [2.75, 3.05) is 11.9 Å². The Morgan fingerprint density at radius 2 is 1.73 bits per heavy atom. The van der Waals surface area contributed by atoms with Crippen LogP contribution in [0.15, 0.2) is 60.7 Å². The monoisotopic (exact) mass is 350 g/mol. The third kappa shape index (κ3) is 4.25. The Balaban J connectivity index is 1.58. The molecule has 3 aromatic rings. The number of rotatable bonds is 5. The van der Waals surface area contributed by atoms with Gasteiger partial charge in [-0.05, 0) is 41.0 Å². The largest absolute Gasteiger partial charge is 0.347 e. The Morgan fingerprint density at radius 3 is 2.58 bits per heavy atom. The van der Waals surface area contributed by atoms with Gasteiger partial charge in [0.1, 0.15) is 5.82 Å². The fourth-order valence-electron chi connectivity index (χ4n) is 2.78. The summed E-state index contributed by atoms with van der Waals surface area (Å²) < 4.78 is 13.3. The first-order valence-electron chi connectivity index (χ1n) is 8.32. The maximum atomic E-state index is 13.3. The number of aryl methyl sites for hydroxylation is 1. The fourth-order valence-corrected chi connectivity index (χ4v) is 2.78. The summed E-state index contributed by atoms with van der Waals surface area (Å²) >= 11 is 0. The van der Waals surface area contributed by atoms with E-state index in [-0.39, 0.29) is 18.9 Å². The molecule has 3 rings (SSSR count). The van der Waals surface area contributed by atoms with Gasteiger partial charge in [-0.25, -0.2) is 4.39 Å². The molecular formula is C21H19FN2O2. The predicted octanol–water partition coefficient (Wildman–Crippen LogP) is 3.58. The van der Waals surface area contributed by atoms with Crippen LogP contribution in [-0.4, -0.2) is 18.4 Å². The highest BCUT2D eigenvalue weighted by atomic mass is 19.1. The number of benzene rings is 3. The molecule has 0 atom stereocenters. The van der Waals surface area contributed by atoms with E-state index in [2.05, 4.69) is 10.6 Å². The predicted molar refractivity (Wildman–Crippen MR) is 100 cm³/mol. The highest BCUT2D eigenvalue weighted by molar-refractivity contribution is 5.96. The van der Waals surface area contributed by atoms with Crippen molar-refractivity contribution in [2.24, 2.45) is 0 Å². The molecule has 3 aromatic carbocycles. The third-order valence-electron chi connectivity index (χ3n) is 4.15. The fraction of sp³-hybridized carbons (Fsp3) is 0.143. The number of carbonyl (C=O) groups excluding carboxylic acids is 2. The van der Waals surface area contributed by atoms with Crippen molar-refractivity contribution in [3.63, 3.8) is 0 Å². The van der Waals surface area contributed by atoms with E-state index >= 15 is 0 Å². The van der Waals surface area contributed by atoms with Gasteiger partial charge in [0.15, 0.2) is 0 Å². The standard InChI is InChI=1S/C21H19FN2O2/c1-14-9-10-17(22)12-19(14)24-21(26)13-23-20(25)11-16-7-4-6-15-5-2-3-8-18(15)16/h2-10,12H,11,13H2,1H3,(H,23,25)(H,24,26). The number of halogens is 1. The molecule has 0 aromatic heterocycles. The molecule has 0 aliphatic heterocycles. The van der Waals surface area contributed by atoms with Crippen LogP contribution in [0.25, 0.3) is 10.8 Å². The molecule has 0 aliphatic carbocycles. The molecule has 0 saturated carbocycles. The molecule has 26 heavy (non-hydrogen) atoms. The van der Waals surface area contributed by atoms with Gasteiger partial charge in [-0.2, -0.15) is 0 Å². The van der Waals surface area contributed by atoms with Gasteiger partial charge >= 0.3 is 0 Å². The zero-order valence-electron chi connectivity index (χ0n) is 14.4. The van der Waals surface area contributed by atoms with Crippen LogP contribution < -0.4 is 10.6 Å². The second-order valence-corrected chi connectivity index (χ2v) is 6.10. The minimum Gasteiger partial charge on any atom is -0.347 e. The molecule has 0 fully saturated rings. The van der Waals surface area contributed by atoms with Crippen LogP contribution in [0.1, 0.15) is 11.1 Å². The number of carbonyl (C=O) groups is 2. The SMILES string of the molecule is Cc1ccc(F)cc1NC(=O)CNC(=O)Cc1cccc2ccccc12. The number of hydrogen-bond acceptors (Lipinski definition) is 2. The summed E-state index contributed by atoms with van der Waals surface area (Å²) in [6.45, 7) is 1.60. The third-order valence-corrected chi connectivity index (χ3v) is 4.15. The molecule has 2 N–H and O–H groups in total. The van der Waals surface area contributed by atoms with Crippen molar-refractivity contribution in [3.05, 3.63) is 77.6 Å². The lowest BCUT2D eigenvalue weighted by molar-refractivity contribution is -0.123. The summed E-state index contributed by atoms with van der Waals surface area (Å²) in [7, 11) is 0. The molecule has 0 saturated heterocycles. The first-order chi connectivity index (χ1) is 12.5. The van der Waals surface area contributed by atoms with Gasteiger partial charge in [-0.15, -0.1) is 0 Å². The highest BCUT2D eigenvalue weighted by Gasteiger charge is 2.10. The van der Waals surface area contributed by atoms with Gasteiger partial charge in [-0.1, -0.05) is 48.5 Å².